The number of hydrogen-bond donors (Lipinski definition) is 2. The van der Waals surface area contributed by atoms with Gasteiger partial charge in [0.2, 0.25) is 0 Å². The molecule has 0 spiro atoms. The first kappa shape index (κ1) is 22.9. The predicted octanol–water partition coefficient (Wildman–Crippen LogP) is 3.22. The Morgan fingerprint density at radius 1 is 1.13 bits per heavy atom. The topological polar surface area (TPSA) is 54.0 Å². The number of aryl methyl sites for hydroxylation is 1. The van der Waals surface area contributed by atoms with Gasteiger partial charge >= 0.3 is 0 Å². The van der Waals surface area contributed by atoms with Crippen LogP contribution in [0.2, 0.25) is 0 Å². The molecule has 1 aliphatic heterocycles. The number of nitrogens with zero attached hydrogens (tertiary/aromatic N) is 1. The van der Waals surface area contributed by atoms with Gasteiger partial charge in [0.05, 0.1) is 7.11 Å². The molecule has 1 unspecified atom stereocenters. The van der Waals surface area contributed by atoms with Crippen LogP contribution in [0.25, 0.3) is 0 Å². The van der Waals surface area contributed by atoms with Crippen molar-refractivity contribution in [1.82, 2.24) is 10.2 Å². The summed E-state index contributed by atoms with van der Waals surface area (Å²) >= 11 is 1.95. The molecule has 2 N–H and O–H groups in total. The van der Waals surface area contributed by atoms with Gasteiger partial charge in [0.15, 0.2) is 11.5 Å². The smallest absolute Gasteiger partial charge is 0.161 e. The number of benzene rings is 2. The first-order valence-corrected chi connectivity index (χ1v) is 11.4. The molecule has 0 amide bonds. The Morgan fingerprint density at radius 3 is 2.70 bits per heavy atom. The van der Waals surface area contributed by atoms with Gasteiger partial charge in [-0.15, -0.1) is 0 Å². The van der Waals surface area contributed by atoms with Crippen molar-refractivity contribution in [3.05, 3.63) is 58.9 Å². The normalized spacial score (nSPS) is 15.7. The van der Waals surface area contributed by atoms with Crippen LogP contribution in [0.4, 0.5) is 4.39 Å². The predicted molar refractivity (Wildman–Crippen MR) is 120 cm³/mol. The standard InChI is InChI=1S/C23H31FN2O3S/c1-17-3-5-20(24)12-19(17)14-25-13-18-4-6-22(23(11-18)28-2)29-16-21(27)15-26-7-9-30-10-8-26/h3-6,11-12,21,25,27H,7-10,13-16H2,1-2H3. The second kappa shape index (κ2) is 11.6. The highest BCUT2D eigenvalue weighted by atomic mass is 32.2. The van der Waals surface area contributed by atoms with Crippen molar-refractivity contribution >= 4 is 11.8 Å². The van der Waals surface area contributed by atoms with Gasteiger partial charge < -0.3 is 19.9 Å². The summed E-state index contributed by atoms with van der Waals surface area (Å²) in [5, 5.41) is 13.6. The first-order chi connectivity index (χ1) is 14.5. The van der Waals surface area contributed by atoms with Crippen molar-refractivity contribution in [2.75, 3.05) is 44.9 Å². The minimum Gasteiger partial charge on any atom is -0.493 e. The molecule has 5 nitrogen and oxygen atoms in total. The summed E-state index contributed by atoms with van der Waals surface area (Å²) in [6.45, 7) is 6.09. The summed E-state index contributed by atoms with van der Waals surface area (Å²) in [4.78, 5) is 2.27. The molecule has 1 saturated heterocycles. The zero-order valence-electron chi connectivity index (χ0n) is 17.7. The molecule has 1 aliphatic rings. The van der Waals surface area contributed by atoms with Gasteiger partial charge in [0.25, 0.3) is 0 Å². The molecule has 0 saturated carbocycles. The van der Waals surface area contributed by atoms with E-state index in [1.807, 2.05) is 36.9 Å². The lowest BCUT2D eigenvalue weighted by Crippen LogP contribution is -2.40. The van der Waals surface area contributed by atoms with E-state index in [-0.39, 0.29) is 12.4 Å². The molecule has 1 fully saturated rings. The van der Waals surface area contributed by atoms with Crippen LogP contribution in [0.5, 0.6) is 11.5 Å². The summed E-state index contributed by atoms with van der Waals surface area (Å²) in [5.41, 5.74) is 3.05. The Morgan fingerprint density at radius 2 is 1.93 bits per heavy atom. The summed E-state index contributed by atoms with van der Waals surface area (Å²) < 4.78 is 24.7. The van der Waals surface area contributed by atoms with Crippen LogP contribution in [0.15, 0.2) is 36.4 Å². The van der Waals surface area contributed by atoms with E-state index < -0.39 is 6.10 Å². The Labute approximate surface area is 182 Å². The third-order valence-corrected chi connectivity index (χ3v) is 6.13. The zero-order chi connectivity index (χ0) is 21.3. The van der Waals surface area contributed by atoms with E-state index >= 15 is 0 Å². The van der Waals surface area contributed by atoms with Gasteiger partial charge in [0, 0.05) is 44.2 Å². The van der Waals surface area contributed by atoms with Gasteiger partial charge in [-0.1, -0.05) is 12.1 Å². The van der Waals surface area contributed by atoms with E-state index in [0.717, 1.165) is 41.3 Å². The Hall–Kier alpha value is -1.80. The average Bonchev–Trinajstić information content (AvgIpc) is 2.75. The number of ether oxygens (including phenoxy) is 2. The number of aliphatic hydroxyl groups excluding tert-OH is 1. The number of hydrogen-bond acceptors (Lipinski definition) is 6. The second-order valence-electron chi connectivity index (χ2n) is 7.54. The minimum absolute atomic E-state index is 0.220. The number of methoxy groups -OCH3 is 1. The Balaban J connectivity index is 1.49. The van der Waals surface area contributed by atoms with E-state index in [4.69, 9.17) is 9.47 Å². The fourth-order valence-corrected chi connectivity index (χ4v) is 4.41. The maximum absolute atomic E-state index is 13.4. The van der Waals surface area contributed by atoms with Crippen LogP contribution in [-0.2, 0) is 13.1 Å². The van der Waals surface area contributed by atoms with Crippen molar-refractivity contribution in [1.29, 1.82) is 0 Å². The zero-order valence-corrected chi connectivity index (χ0v) is 18.5. The van der Waals surface area contributed by atoms with E-state index in [9.17, 15) is 9.50 Å². The van der Waals surface area contributed by atoms with E-state index in [1.54, 1.807) is 19.2 Å². The molecule has 30 heavy (non-hydrogen) atoms. The van der Waals surface area contributed by atoms with E-state index in [2.05, 4.69) is 10.2 Å². The highest BCUT2D eigenvalue weighted by Gasteiger charge is 2.16. The van der Waals surface area contributed by atoms with Crippen molar-refractivity contribution in [3.8, 4) is 11.5 Å². The molecule has 0 bridgehead atoms. The van der Waals surface area contributed by atoms with E-state index in [0.29, 0.717) is 31.1 Å². The highest BCUT2D eigenvalue weighted by Crippen LogP contribution is 2.28. The van der Waals surface area contributed by atoms with Crippen LogP contribution in [0, 0.1) is 12.7 Å². The third kappa shape index (κ3) is 6.87. The summed E-state index contributed by atoms with van der Waals surface area (Å²) in [6.07, 6.45) is -0.534. The van der Waals surface area contributed by atoms with Crippen molar-refractivity contribution in [2.45, 2.75) is 26.1 Å². The van der Waals surface area contributed by atoms with Gasteiger partial charge in [-0.3, -0.25) is 4.90 Å². The fourth-order valence-electron chi connectivity index (χ4n) is 3.43. The summed E-state index contributed by atoms with van der Waals surface area (Å²) in [6, 6.07) is 10.6. The highest BCUT2D eigenvalue weighted by molar-refractivity contribution is 7.99. The average molecular weight is 435 g/mol. The van der Waals surface area contributed by atoms with Crippen LogP contribution >= 0.6 is 11.8 Å². The molecule has 1 heterocycles. The van der Waals surface area contributed by atoms with E-state index in [1.165, 1.54) is 6.07 Å². The lowest BCUT2D eigenvalue weighted by atomic mass is 10.1. The van der Waals surface area contributed by atoms with Gasteiger partial charge in [-0.25, -0.2) is 4.39 Å². The van der Waals surface area contributed by atoms with Crippen LogP contribution < -0.4 is 14.8 Å². The molecule has 7 heteroatoms. The first-order valence-electron chi connectivity index (χ1n) is 10.3. The third-order valence-electron chi connectivity index (χ3n) is 5.19. The van der Waals surface area contributed by atoms with Crippen molar-refractivity contribution < 1.29 is 19.0 Å². The van der Waals surface area contributed by atoms with Crippen molar-refractivity contribution in [3.63, 3.8) is 0 Å². The van der Waals surface area contributed by atoms with Crippen LogP contribution in [-0.4, -0.2) is 61.0 Å². The van der Waals surface area contributed by atoms with Gasteiger partial charge in [-0.05, 0) is 47.9 Å². The molecule has 0 radical (unpaired) electrons. The molecular formula is C23H31FN2O3S. The maximum atomic E-state index is 13.4. The van der Waals surface area contributed by atoms with Gasteiger partial charge in [0.1, 0.15) is 18.5 Å². The number of nitrogens with one attached hydrogen (secondary N) is 1. The maximum Gasteiger partial charge on any atom is 0.161 e. The number of aliphatic hydroxyl groups is 1. The number of β-amino-alcohol motifs (C(OH)–C–C–N with tert-alkyl or cyclic N) is 1. The molecule has 0 aromatic heterocycles. The number of halogens is 1. The molecular weight excluding hydrogens is 403 g/mol. The summed E-state index contributed by atoms with van der Waals surface area (Å²) in [7, 11) is 1.61. The molecule has 3 rings (SSSR count). The fraction of sp³-hybridized carbons (Fsp3) is 0.478. The number of rotatable bonds is 10. The van der Waals surface area contributed by atoms with Crippen molar-refractivity contribution in [2.24, 2.45) is 0 Å². The Bertz CT molecular complexity index is 815. The molecule has 164 valence electrons. The van der Waals surface area contributed by atoms with Crippen LogP contribution in [0.1, 0.15) is 16.7 Å². The Kier molecular flexibility index (Phi) is 8.81. The quantitative estimate of drug-likeness (QED) is 0.599. The monoisotopic (exact) mass is 434 g/mol. The summed E-state index contributed by atoms with van der Waals surface area (Å²) in [5.74, 6) is 3.28. The molecule has 0 aliphatic carbocycles. The second-order valence-corrected chi connectivity index (χ2v) is 8.76. The lowest BCUT2D eigenvalue weighted by molar-refractivity contribution is 0.0705. The SMILES string of the molecule is COc1cc(CNCc2cc(F)ccc2C)ccc1OCC(O)CN1CCSCC1. The van der Waals surface area contributed by atoms with Crippen LogP contribution in [0.3, 0.4) is 0 Å². The molecule has 1 atom stereocenters. The number of thioether (sulfide) groups is 1. The minimum atomic E-state index is -0.534. The largest absolute Gasteiger partial charge is 0.493 e. The molecule has 2 aromatic carbocycles. The van der Waals surface area contributed by atoms with Gasteiger partial charge in [-0.2, -0.15) is 11.8 Å². The lowest BCUT2D eigenvalue weighted by Gasteiger charge is -2.28. The molecule has 2 aromatic rings.